The van der Waals surface area contributed by atoms with E-state index in [1.165, 1.54) is 0 Å². The number of hydrogen-bond acceptors (Lipinski definition) is 2. The minimum atomic E-state index is -0.733. The van der Waals surface area contributed by atoms with Gasteiger partial charge in [-0.05, 0) is 6.42 Å². The van der Waals surface area contributed by atoms with Gasteiger partial charge in [0.1, 0.15) is 4.33 Å². The Kier molecular flexibility index (Phi) is 1.92. The number of carbonyl (C=O) groups excluding carboxylic acids is 2. The molecular weight excluding hydrogens is 215 g/mol. The van der Waals surface area contributed by atoms with Gasteiger partial charge in [0.2, 0.25) is 5.91 Å². The fraction of sp³-hybridized carbons (Fsp3) is 0.714. The molecule has 72 valence electrons. The van der Waals surface area contributed by atoms with E-state index < -0.39 is 4.33 Å². The summed E-state index contributed by atoms with van der Waals surface area (Å²) >= 11 is 11.6. The Balaban J connectivity index is 1.95. The quantitative estimate of drug-likeness (QED) is 0.554. The van der Waals surface area contributed by atoms with Gasteiger partial charge >= 0.3 is 6.03 Å². The van der Waals surface area contributed by atoms with Crippen molar-refractivity contribution < 1.29 is 9.59 Å². The second-order valence-corrected chi connectivity index (χ2v) is 4.87. The maximum absolute atomic E-state index is 11.1. The molecule has 1 saturated carbocycles. The average Bonchev–Trinajstić information content (AvgIpc) is 2.52. The Hall–Kier alpha value is -0.480. The predicted molar refractivity (Wildman–Crippen MR) is 47.7 cm³/mol. The van der Waals surface area contributed by atoms with Crippen molar-refractivity contribution in [1.82, 2.24) is 10.2 Å². The number of nitrogens with one attached hydrogen (secondary N) is 1. The summed E-state index contributed by atoms with van der Waals surface area (Å²) < 4.78 is -0.733. The lowest BCUT2D eigenvalue weighted by Crippen LogP contribution is -2.33. The standard InChI is InChI=1S/C7H8Cl2N2O2/c8-7(9)1-4(7)3-11-5(12)2-10-6(11)13/h4H,1-3H2,(H,10,13). The minimum Gasteiger partial charge on any atom is -0.329 e. The first-order valence-corrected chi connectivity index (χ1v) is 4.72. The molecule has 1 heterocycles. The Morgan fingerprint density at radius 2 is 2.15 bits per heavy atom. The van der Waals surface area contributed by atoms with Gasteiger partial charge in [-0.1, -0.05) is 0 Å². The summed E-state index contributed by atoms with van der Waals surface area (Å²) in [5, 5.41) is 2.43. The zero-order valence-electron chi connectivity index (χ0n) is 6.72. The van der Waals surface area contributed by atoms with Gasteiger partial charge in [-0.25, -0.2) is 4.79 Å². The lowest BCUT2D eigenvalue weighted by atomic mass is 10.4. The van der Waals surface area contributed by atoms with Crippen molar-refractivity contribution in [3.05, 3.63) is 0 Å². The Bertz CT molecular complexity index is 264. The molecule has 0 aromatic rings. The molecular formula is C7H8Cl2N2O2. The van der Waals surface area contributed by atoms with Gasteiger partial charge in [0, 0.05) is 12.5 Å². The molecule has 1 saturated heterocycles. The number of urea groups is 1. The SMILES string of the molecule is O=C1CNC(=O)N1CC1CC1(Cl)Cl. The van der Waals surface area contributed by atoms with Gasteiger partial charge in [0.25, 0.3) is 0 Å². The first kappa shape index (κ1) is 9.09. The van der Waals surface area contributed by atoms with Crippen molar-refractivity contribution in [3.63, 3.8) is 0 Å². The molecule has 6 heteroatoms. The van der Waals surface area contributed by atoms with Crippen LogP contribution in [-0.4, -0.2) is 34.3 Å². The third kappa shape index (κ3) is 1.60. The molecule has 1 unspecified atom stereocenters. The molecule has 3 amide bonds. The summed E-state index contributed by atoms with van der Waals surface area (Å²) in [4.78, 5) is 23.3. The van der Waals surface area contributed by atoms with E-state index in [4.69, 9.17) is 23.2 Å². The number of nitrogens with zero attached hydrogens (tertiary/aromatic N) is 1. The summed E-state index contributed by atoms with van der Waals surface area (Å²) in [5.41, 5.74) is 0. The minimum absolute atomic E-state index is 0.0311. The van der Waals surface area contributed by atoms with Gasteiger partial charge in [0.15, 0.2) is 0 Å². The van der Waals surface area contributed by atoms with Gasteiger partial charge in [0.05, 0.1) is 6.54 Å². The normalized spacial score (nSPS) is 30.6. The molecule has 1 aliphatic carbocycles. The highest BCUT2D eigenvalue weighted by Gasteiger charge is 2.53. The fourth-order valence-corrected chi connectivity index (χ4v) is 1.84. The van der Waals surface area contributed by atoms with E-state index >= 15 is 0 Å². The summed E-state index contributed by atoms with van der Waals surface area (Å²) in [6.45, 7) is 0.417. The molecule has 0 aromatic heterocycles. The Morgan fingerprint density at radius 1 is 1.54 bits per heavy atom. The number of imide groups is 1. The highest BCUT2D eigenvalue weighted by Crippen LogP contribution is 2.53. The zero-order chi connectivity index (χ0) is 9.64. The maximum Gasteiger partial charge on any atom is 0.324 e. The maximum atomic E-state index is 11.1. The van der Waals surface area contributed by atoms with Crippen LogP contribution >= 0.6 is 23.2 Å². The van der Waals surface area contributed by atoms with Gasteiger partial charge in [-0.2, -0.15) is 0 Å². The molecule has 2 aliphatic rings. The Labute approximate surface area is 85.2 Å². The van der Waals surface area contributed by atoms with E-state index in [2.05, 4.69) is 5.32 Å². The largest absolute Gasteiger partial charge is 0.329 e. The molecule has 2 fully saturated rings. The van der Waals surface area contributed by atoms with Crippen LogP contribution in [0.2, 0.25) is 0 Å². The molecule has 13 heavy (non-hydrogen) atoms. The van der Waals surface area contributed by atoms with Gasteiger partial charge in [-0.15, -0.1) is 23.2 Å². The van der Waals surface area contributed by atoms with E-state index in [0.29, 0.717) is 13.0 Å². The van der Waals surface area contributed by atoms with Crippen LogP contribution in [0.5, 0.6) is 0 Å². The summed E-state index contributed by atoms with van der Waals surface area (Å²) in [6.07, 6.45) is 0.646. The van der Waals surface area contributed by atoms with Crippen LogP contribution in [-0.2, 0) is 4.79 Å². The zero-order valence-corrected chi connectivity index (χ0v) is 8.23. The lowest BCUT2D eigenvalue weighted by Gasteiger charge is -2.11. The Morgan fingerprint density at radius 3 is 2.54 bits per heavy atom. The molecule has 1 N–H and O–H groups in total. The number of hydrogen-bond donors (Lipinski definition) is 1. The van der Waals surface area contributed by atoms with Crippen molar-refractivity contribution in [2.75, 3.05) is 13.1 Å². The molecule has 0 spiro atoms. The van der Waals surface area contributed by atoms with E-state index in [1.54, 1.807) is 0 Å². The number of carbonyl (C=O) groups is 2. The summed E-state index contributed by atoms with van der Waals surface area (Å²) in [7, 11) is 0. The third-order valence-corrected chi connectivity index (χ3v) is 3.22. The average molecular weight is 223 g/mol. The van der Waals surface area contributed by atoms with E-state index in [0.717, 1.165) is 4.90 Å². The van der Waals surface area contributed by atoms with Crippen LogP contribution in [0.3, 0.4) is 0 Å². The number of halogens is 2. The molecule has 1 aliphatic heterocycles. The topological polar surface area (TPSA) is 49.4 Å². The summed E-state index contributed by atoms with van der Waals surface area (Å²) in [6, 6.07) is -0.346. The molecule has 2 rings (SSSR count). The first-order valence-electron chi connectivity index (χ1n) is 3.97. The van der Waals surface area contributed by atoms with Crippen LogP contribution in [0.4, 0.5) is 4.79 Å². The van der Waals surface area contributed by atoms with Crippen LogP contribution in [0.15, 0.2) is 0 Å². The number of rotatable bonds is 2. The molecule has 0 aromatic carbocycles. The van der Waals surface area contributed by atoms with Crippen molar-refractivity contribution in [1.29, 1.82) is 0 Å². The van der Waals surface area contributed by atoms with Crippen molar-refractivity contribution in [2.45, 2.75) is 10.8 Å². The second-order valence-electron chi connectivity index (χ2n) is 3.33. The number of amides is 3. The van der Waals surface area contributed by atoms with Crippen LogP contribution in [0.1, 0.15) is 6.42 Å². The first-order chi connectivity index (χ1) is 6.00. The van der Waals surface area contributed by atoms with Crippen molar-refractivity contribution in [3.8, 4) is 0 Å². The van der Waals surface area contributed by atoms with Crippen LogP contribution in [0, 0.1) is 5.92 Å². The monoisotopic (exact) mass is 222 g/mol. The third-order valence-electron chi connectivity index (χ3n) is 2.30. The van der Waals surface area contributed by atoms with E-state index in [9.17, 15) is 9.59 Å². The van der Waals surface area contributed by atoms with Gasteiger partial charge < -0.3 is 5.32 Å². The van der Waals surface area contributed by atoms with Crippen LogP contribution in [0.25, 0.3) is 0 Å². The van der Waals surface area contributed by atoms with Gasteiger partial charge in [-0.3, -0.25) is 9.69 Å². The van der Waals surface area contributed by atoms with E-state index in [1.807, 2.05) is 0 Å². The highest BCUT2D eigenvalue weighted by atomic mass is 35.5. The predicted octanol–water partition coefficient (Wildman–Crippen LogP) is 0.732. The van der Waals surface area contributed by atoms with Crippen molar-refractivity contribution >= 4 is 35.1 Å². The molecule has 4 nitrogen and oxygen atoms in total. The molecule has 0 bridgehead atoms. The van der Waals surface area contributed by atoms with Crippen LogP contribution < -0.4 is 5.32 Å². The number of alkyl halides is 2. The molecule has 0 radical (unpaired) electrons. The second kappa shape index (κ2) is 2.75. The fourth-order valence-electron chi connectivity index (χ4n) is 1.33. The van der Waals surface area contributed by atoms with Crippen molar-refractivity contribution in [2.24, 2.45) is 5.92 Å². The highest BCUT2D eigenvalue weighted by molar-refractivity contribution is 6.50. The molecule has 1 atom stereocenters. The lowest BCUT2D eigenvalue weighted by molar-refractivity contribution is -0.125. The van der Waals surface area contributed by atoms with E-state index in [-0.39, 0.29) is 24.4 Å². The smallest absolute Gasteiger partial charge is 0.324 e. The summed E-state index contributed by atoms with van der Waals surface area (Å²) in [5.74, 6) is -0.176.